The Balaban J connectivity index is 1.38. The molecule has 0 spiro atoms. The number of nitrogens with two attached hydrogens (primary N) is 1. The normalized spacial score (nSPS) is 20.8. The molecule has 1 aliphatic carbocycles. The van der Waals surface area contributed by atoms with Gasteiger partial charge in [-0.25, -0.2) is 27.5 Å². The Morgan fingerprint density at radius 3 is 2.50 bits per heavy atom. The van der Waals surface area contributed by atoms with Gasteiger partial charge >= 0.3 is 12.1 Å². The maximum atomic E-state index is 14.8. The van der Waals surface area contributed by atoms with Crippen molar-refractivity contribution in [3.8, 4) is 22.4 Å². The number of imidazole rings is 1. The van der Waals surface area contributed by atoms with Gasteiger partial charge in [-0.2, -0.15) is 18.3 Å². The fourth-order valence-corrected chi connectivity index (χ4v) is 5.28. The number of hydrogen-bond donors (Lipinski definition) is 2. The molecule has 8 nitrogen and oxygen atoms in total. The number of ether oxygens (including phenoxy) is 1. The van der Waals surface area contributed by atoms with Crippen LogP contribution in [0.5, 0.6) is 0 Å². The number of carbonyl (C=O) groups is 2. The van der Waals surface area contributed by atoms with E-state index in [0.717, 1.165) is 11.3 Å². The maximum Gasteiger partial charge on any atom is 0.490 e. The highest BCUT2D eigenvalue weighted by molar-refractivity contribution is 7.12. The summed E-state index contributed by atoms with van der Waals surface area (Å²) in [5.41, 5.74) is 5.72. The Morgan fingerprint density at radius 2 is 1.80 bits per heavy atom. The smallest absolute Gasteiger partial charge is 0.435 e. The first-order chi connectivity index (χ1) is 18.8. The summed E-state index contributed by atoms with van der Waals surface area (Å²) in [4.78, 5) is 28.6. The molecule has 1 amide bonds. The summed E-state index contributed by atoms with van der Waals surface area (Å²) in [6, 6.07) is 6.50. The van der Waals surface area contributed by atoms with E-state index in [0.29, 0.717) is 28.0 Å². The van der Waals surface area contributed by atoms with Crippen LogP contribution in [0, 0.1) is 5.82 Å². The molecule has 5 rings (SSSR count). The molecule has 1 fully saturated rings. The van der Waals surface area contributed by atoms with Gasteiger partial charge in [0.1, 0.15) is 11.9 Å². The lowest BCUT2D eigenvalue weighted by molar-refractivity contribution is -0.230. The van der Waals surface area contributed by atoms with Gasteiger partial charge in [-0.3, -0.25) is 10.5 Å². The van der Waals surface area contributed by atoms with Gasteiger partial charge in [0.05, 0.1) is 23.0 Å². The number of alkyl halides is 5. The van der Waals surface area contributed by atoms with Crippen LogP contribution in [0.25, 0.3) is 28.0 Å². The summed E-state index contributed by atoms with van der Waals surface area (Å²) < 4.78 is 86.8. The summed E-state index contributed by atoms with van der Waals surface area (Å²) in [6.45, 7) is 0. The molecule has 1 saturated carbocycles. The van der Waals surface area contributed by atoms with E-state index in [2.05, 4.69) is 14.8 Å². The second kappa shape index (κ2) is 9.89. The molecule has 3 heterocycles. The largest absolute Gasteiger partial charge is 0.490 e. The topological polar surface area (TPSA) is 112 Å². The summed E-state index contributed by atoms with van der Waals surface area (Å²) >= 11 is 0.883. The fourth-order valence-electron chi connectivity index (χ4n) is 4.48. The first kappa shape index (κ1) is 27.6. The third-order valence-electron chi connectivity index (χ3n) is 6.44. The number of nitrogens with one attached hydrogen (secondary N) is 1. The van der Waals surface area contributed by atoms with Crippen molar-refractivity contribution in [3.63, 3.8) is 0 Å². The van der Waals surface area contributed by atoms with Gasteiger partial charge in [-0.05, 0) is 36.2 Å². The molecule has 1 aromatic carbocycles. The molecule has 0 bridgehead atoms. The van der Waals surface area contributed by atoms with Gasteiger partial charge in [0, 0.05) is 29.3 Å². The van der Waals surface area contributed by atoms with Gasteiger partial charge in [-0.1, -0.05) is 12.1 Å². The van der Waals surface area contributed by atoms with E-state index in [1.807, 2.05) is 5.32 Å². The lowest BCUT2D eigenvalue weighted by atomic mass is 9.83. The molecule has 3 N–H and O–H groups in total. The van der Waals surface area contributed by atoms with E-state index in [9.17, 15) is 35.9 Å². The van der Waals surface area contributed by atoms with Crippen molar-refractivity contribution in [3.05, 3.63) is 64.9 Å². The Hall–Kier alpha value is -3.98. The highest BCUT2D eigenvalue weighted by Crippen LogP contribution is 2.40. The molecule has 0 saturated heterocycles. The van der Waals surface area contributed by atoms with Crippen molar-refractivity contribution in [2.75, 3.05) is 0 Å². The van der Waals surface area contributed by atoms with Gasteiger partial charge in [0.2, 0.25) is 0 Å². The predicted molar refractivity (Wildman–Crippen MR) is 131 cm³/mol. The predicted octanol–water partition coefficient (Wildman–Crippen LogP) is 4.94. The molecule has 0 radical (unpaired) electrons. The number of esters is 1. The molecule has 0 unspecified atom stereocenters. The SMILES string of the molecule is N[C@@]1(OC(=O)C(F)(F)F)CCCC(F)(F)[C@@H]1NC(=O)c1cc(-c2cnc3cc(-c4ccc(F)cc4)cnn23)cs1. The zero-order valence-electron chi connectivity index (χ0n) is 20.2. The van der Waals surface area contributed by atoms with Crippen LogP contribution in [-0.4, -0.2) is 50.3 Å². The lowest BCUT2D eigenvalue weighted by Gasteiger charge is -2.44. The highest BCUT2D eigenvalue weighted by atomic mass is 32.1. The number of benzene rings is 1. The molecule has 2 atom stereocenters. The first-order valence-corrected chi connectivity index (χ1v) is 12.6. The van der Waals surface area contributed by atoms with Crippen LogP contribution in [-0.2, 0) is 9.53 Å². The summed E-state index contributed by atoms with van der Waals surface area (Å²) in [5, 5.41) is 7.89. The van der Waals surface area contributed by atoms with Gasteiger partial charge < -0.3 is 10.1 Å². The third kappa shape index (κ3) is 5.25. The van der Waals surface area contributed by atoms with E-state index < -0.39 is 48.6 Å². The van der Waals surface area contributed by atoms with Crippen LogP contribution in [0.3, 0.4) is 0 Å². The van der Waals surface area contributed by atoms with E-state index in [1.54, 1.807) is 29.8 Å². The summed E-state index contributed by atoms with van der Waals surface area (Å²) in [7, 11) is 0. The number of amides is 1. The molecule has 15 heteroatoms. The quantitative estimate of drug-likeness (QED) is 0.196. The number of thiophene rings is 1. The van der Waals surface area contributed by atoms with Gasteiger partial charge in [-0.15, -0.1) is 11.3 Å². The maximum absolute atomic E-state index is 14.8. The first-order valence-electron chi connectivity index (χ1n) is 11.7. The van der Waals surface area contributed by atoms with Crippen molar-refractivity contribution < 1.29 is 40.7 Å². The molecular formula is C25H19F6N5O3S. The van der Waals surface area contributed by atoms with Crippen molar-refractivity contribution in [2.45, 2.75) is 43.1 Å². The van der Waals surface area contributed by atoms with Crippen LogP contribution < -0.4 is 11.1 Å². The Morgan fingerprint density at radius 1 is 1.07 bits per heavy atom. The van der Waals surface area contributed by atoms with Crippen LogP contribution in [0.2, 0.25) is 0 Å². The number of aromatic nitrogens is 3. The second-order valence-electron chi connectivity index (χ2n) is 9.23. The fraction of sp³-hybridized carbons (Fsp3) is 0.280. The zero-order chi connectivity index (χ0) is 28.9. The Labute approximate surface area is 225 Å². The van der Waals surface area contributed by atoms with Crippen molar-refractivity contribution in [2.24, 2.45) is 5.73 Å². The number of hydrogen-bond acceptors (Lipinski definition) is 7. The average molecular weight is 584 g/mol. The van der Waals surface area contributed by atoms with Gasteiger partial charge in [0.15, 0.2) is 11.4 Å². The minimum atomic E-state index is -5.46. The average Bonchev–Trinajstić information content (AvgIpc) is 3.53. The third-order valence-corrected chi connectivity index (χ3v) is 7.36. The van der Waals surface area contributed by atoms with Crippen molar-refractivity contribution in [1.82, 2.24) is 19.9 Å². The second-order valence-corrected chi connectivity index (χ2v) is 10.1. The number of nitrogens with zero attached hydrogens (tertiary/aromatic N) is 3. The van der Waals surface area contributed by atoms with Crippen LogP contribution in [0.1, 0.15) is 28.9 Å². The highest BCUT2D eigenvalue weighted by Gasteiger charge is 2.59. The van der Waals surface area contributed by atoms with E-state index in [-0.39, 0.29) is 17.1 Å². The van der Waals surface area contributed by atoms with E-state index in [1.165, 1.54) is 28.9 Å². The Kier molecular flexibility index (Phi) is 6.82. The standard InChI is InChI=1S/C25H19F6N5O3S/c26-16-4-2-13(3-5-16)14-9-19-33-11-17(36(19)34-10-14)15-8-18(40-12-15)20(37)35-21-23(27,28)6-1-7-24(21,32)39-22(38)25(29,30)31/h2-5,8-12,21H,1,6-7,32H2,(H,35,37)/t21-,24+/m0/s1. The zero-order valence-corrected chi connectivity index (χ0v) is 21.0. The van der Waals surface area contributed by atoms with E-state index >= 15 is 0 Å². The molecule has 0 aliphatic heterocycles. The minimum Gasteiger partial charge on any atom is -0.435 e. The molecule has 4 aromatic rings. The van der Waals surface area contributed by atoms with Crippen LogP contribution in [0.15, 0.2) is 54.2 Å². The minimum absolute atomic E-state index is 0.0567. The lowest BCUT2D eigenvalue weighted by Crippen LogP contribution is -2.70. The monoisotopic (exact) mass is 583 g/mol. The molecule has 210 valence electrons. The van der Waals surface area contributed by atoms with Crippen molar-refractivity contribution >= 4 is 28.9 Å². The number of rotatable bonds is 5. The molecule has 40 heavy (non-hydrogen) atoms. The number of halogens is 6. The van der Waals surface area contributed by atoms with E-state index in [4.69, 9.17) is 5.73 Å². The number of fused-ring (bicyclic) bond motifs is 1. The van der Waals surface area contributed by atoms with Gasteiger partial charge in [0.25, 0.3) is 11.8 Å². The molecule has 3 aromatic heterocycles. The molecular weight excluding hydrogens is 564 g/mol. The van der Waals surface area contributed by atoms with Crippen molar-refractivity contribution in [1.29, 1.82) is 0 Å². The summed E-state index contributed by atoms with van der Waals surface area (Å²) in [6.07, 6.45) is -4.05. The van der Waals surface area contributed by atoms with Crippen LogP contribution in [0.4, 0.5) is 26.3 Å². The van der Waals surface area contributed by atoms with Crippen LogP contribution >= 0.6 is 11.3 Å². The molecule has 1 aliphatic rings. The number of carbonyl (C=O) groups excluding carboxylic acids is 2. The Bertz CT molecular complexity index is 1590. The summed E-state index contributed by atoms with van der Waals surface area (Å²) in [5.74, 6) is -7.90.